The number of aryl methyl sites for hydroxylation is 1. The Hall–Kier alpha value is -1.84. The molecule has 1 rings (SSSR count). The SMILES string of the molecule is CCCCC(CC)(Cc1cc(C(C)(C)C)cc(C)c1CC(CC)(CCCC)C(=O)O)C(=O)O. The third-order valence-corrected chi connectivity index (χ3v) is 7.75. The van der Waals surface area contributed by atoms with Crippen LogP contribution >= 0.6 is 0 Å². The van der Waals surface area contributed by atoms with Crippen LogP contribution in [-0.2, 0) is 27.8 Å². The molecule has 0 saturated heterocycles. The van der Waals surface area contributed by atoms with E-state index in [2.05, 4.69) is 53.7 Å². The maximum absolute atomic E-state index is 12.5. The summed E-state index contributed by atoms with van der Waals surface area (Å²) in [6.45, 7) is 16.7. The van der Waals surface area contributed by atoms with E-state index in [9.17, 15) is 19.8 Å². The lowest BCUT2D eigenvalue weighted by molar-refractivity contribution is -0.151. The summed E-state index contributed by atoms with van der Waals surface area (Å²) in [6, 6.07) is 4.35. The van der Waals surface area contributed by atoms with Gasteiger partial charge < -0.3 is 10.2 Å². The molecule has 33 heavy (non-hydrogen) atoms. The summed E-state index contributed by atoms with van der Waals surface area (Å²) < 4.78 is 0. The highest BCUT2D eigenvalue weighted by Crippen LogP contribution is 2.41. The molecule has 0 amide bonds. The lowest BCUT2D eigenvalue weighted by atomic mass is 9.69. The molecule has 0 aromatic heterocycles. The smallest absolute Gasteiger partial charge is 0.309 e. The topological polar surface area (TPSA) is 74.6 Å². The minimum atomic E-state index is -0.824. The summed E-state index contributed by atoms with van der Waals surface area (Å²) in [5, 5.41) is 20.6. The van der Waals surface area contributed by atoms with Crippen LogP contribution in [0.15, 0.2) is 12.1 Å². The second kappa shape index (κ2) is 12.0. The van der Waals surface area contributed by atoms with Gasteiger partial charge in [0.25, 0.3) is 0 Å². The maximum Gasteiger partial charge on any atom is 0.309 e. The van der Waals surface area contributed by atoms with Crippen molar-refractivity contribution in [3.63, 3.8) is 0 Å². The molecule has 2 unspecified atom stereocenters. The number of hydrogen-bond donors (Lipinski definition) is 2. The van der Waals surface area contributed by atoms with Gasteiger partial charge in [0, 0.05) is 0 Å². The molecule has 0 aliphatic rings. The Morgan fingerprint density at radius 2 is 1.24 bits per heavy atom. The van der Waals surface area contributed by atoms with Gasteiger partial charge in [0.2, 0.25) is 0 Å². The molecular formula is C29H48O4. The van der Waals surface area contributed by atoms with E-state index in [1.54, 1.807) is 0 Å². The van der Waals surface area contributed by atoms with Crippen molar-refractivity contribution in [2.45, 2.75) is 125 Å². The molecule has 1 aromatic rings. The van der Waals surface area contributed by atoms with Gasteiger partial charge in [0.1, 0.15) is 0 Å². The van der Waals surface area contributed by atoms with Crippen LogP contribution in [0.1, 0.15) is 122 Å². The van der Waals surface area contributed by atoms with Crippen LogP contribution in [-0.4, -0.2) is 22.2 Å². The molecule has 188 valence electrons. The van der Waals surface area contributed by atoms with Crippen LogP contribution in [0, 0.1) is 17.8 Å². The number of unbranched alkanes of at least 4 members (excludes halogenated alkanes) is 2. The number of carbonyl (C=O) groups is 2. The van der Waals surface area contributed by atoms with Crippen molar-refractivity contribution in [3.05, 3.63) is 34.4 Å². The zero-order chi connectivity index (χ0) is 25.4. The first-order valence-corrected chi connectivity index (χ1v) is 12.9. The zero-order valence-corrected chi connectivity index (χ0v) is 22.4. The van der Waals surface area contributed by atoms with Crippen molar-refractivity contribution in [1.82, 2.24) is 0 Å². The van der Waals surface area contributed by atoms with E-state index in [-0.39, 0.29) is 5.41 Å². The number of aliphatic carboxylic acids is 2. The third-order valence-electron chi connectivity index (χ3n) is 7.75. The molecule has 0 saturated carbocycles. The van der Waals surface area contributed by atoms with E-state index < -0.39 is 22.8 Å². The van der Waals surface area contributed by atoms with Crippen molar-refractivity contribution >= 4 is 11.9 Å². The minimum absolute atomic E-state index is 0.0730. The standard InChI is InChI=1S/C29H48O4/c1-9-13-15-28(11-3,25(30)31)19-22-18-23(27(6,7)8)17-21(5)24(22)20-29(12-4,26(32)33)16-14-10-2/h17-18H,9-16,19-20H2,1-8H3,(H,30,31)(H,32,33). The van der Waals surface area contributed by atoms with Gasteiger partial charge >= 0.3 is 11.9 Å². The number of hydrogen-bond acceptors (Lipinski definition) is 2. The van der Waals surface area contributed by atoms with Gasteiger partial charge in [-0.05, 0) is 73.1 Å². The summed E-state index contributed by atoms with van der Waals surface area (Å²) in [5.41, 5.74) is 2.61. The average molecular weight is 461 g/mol. The van der Waals surface area contributed by atoms with Gasteiger partial charge in [-0.15, -0.1) is 0 Å². The molecule has 4 heteroatoms. The first-order chi connectivity index (χ1) is 15.3. The lowest BCUT2D eigenvalue weighted by Crippen LogP contribution is -2.36. The van der Waals surface area contributed by atoms with Crippen LogP contribution in [0.3, 0.4) is 0 Å². The molecule has 0 fully saturated rings. The molecule has 0 aliphatic carbocycles. The summed E-state index contributed by atoms with van der Waals surface area (Å²) >= 11 is 0. The van der Waals surface area contributed by atoms with E-state index in [4.69, 9.17) is 0 Å². The molecule has 0 bridgehead atoms. The molecule has 0 radical (unpaired) electrons. The van der Waals surface area contributed by atoms with Gasteiger partial charge in [-0.2, -0.15) is 0 Å². The Morgan fingerprint density at radius 3 is 1.61 bits per heavy atom. The normalized spacial score (nSPS) is 15.6. The van der Waals surface area contributed by atoms with E-state index in [1.807, 2.05) is 13.8 Å². The van der Waals surface area contributed by atoms with Crippen molar-refractivity contribution in [1.29, 1.82) is 0 Å². The highest BCUT2D eigenvalue weighted by molar-refractivity contribution is 5.76. The van der Waals surface area contributed by atoms with Gasteiger partial charge in [0.15, 0.2) is 0 Å². The predicted octanol–water partition coefficient (Wildman–Crippen LogP) is 7.72. The minimum Gasteiger partial charge on any atom is -0.481 e. The Bertz CT molecular complexity index is 805. The van der Waals surface area contributed by atoms with Gasteiger partial charge in [0.05, 0.1) is 10.8 Å². The fourth-order valence-corrected chi connectivity index (χ4v) is 4.91. The van der Waals surface area contributed by atoms with E-state index >= 15 is 0 Å². The van der Waals surface area contributed by atoms with Crippen LogP contribution < -0.4 is 0 Å². The predicted molar refractivity (Wildman–Crippen MR) is 137 cm³/mol. The molecular weight excluding hydrogens is 412 g/mol. The van der Waals surface area contributed by atoms with Crippen molar-refractivity contribution in [2.24, 2.45) is 10.8 Å². The van der Waals surface area contributed by atoms with E-state index in [0.29, 0.717) is 38.5 Å². The summed E-state index contributed by atoms with van der Waals surface area (Å²) in [6.07, 6.45) is 6.98. The molecule has 2 atom stereocenters. The Morgan fingerprint density at radius 1 is 0.788 bits per heavy atom. The molecule has 0 aliphatic heterocycles. The summed E-state index contributed by atoms with van der Waals surface area (Å²) in [5.74, 6) is -1.48. The van der Waals surface area contributed by atoms with Crippen LogP contribution in [0.4, 0.5) is 0 Å². The van der Waals surface area contributed by atoms with Gasteiger partial charge in [-0.3, -0.25) is 9.59 Å². The summed E-state index contributed by atoms with van der Waals surface area (Å²) in [4.78, 5) is 25.0. The quantitative estimate of drug-likeness (QED) is 0.298. The van der Waals surface area contributed by atoms with Crippen LogP contribution in [0.25, 0.3) is 0 Å². The van der Waals surface area contributed by atoms with E-state index in [0.717, 1.165) is 42.4 Å². The van der Waals surface area contributed by atoms with E-state index in [1.165, 1.54) is 5.56 Å². The maximum atomic E-state index is 12.5. The number of carboxylic acids is 2. The molecule has 4 nitrogen and oxygen atoms in total. The summed E-state index contributed by atoms with van der Waals surface area (Å²) in [7, 11) is 0. The Kier molecular flexibility index (Phi) is 10.6. The first-order valence-electron chi connectivity index (χ1n) is 12.9. The van der Waals surface area contributed by atoms with Crippen LogP contribution in [0.5, 0.6) is 0 Å². The number of rotatable bonds is 14. The third kappa shape index (κ3) is 7.07. The largest absolute Gasteiger partial charge is 0.481 e. The lowest BCUT2D eigenvalue weighted by Gasteiger charge is -2.34. The second-order valence-corrected chi connectivity index (χ2v) is 11.1. The van der Waals surface area contributed by atoms with Crippen molar-refractivity contribution in [3.8, 4) is 0 Å². The highest BCUT2D eigenvalue weighted by atomic mass is 16.4. The molecule has 0 heterocycles. The fourth-order valence-electron chi connectivity index (χ4n) is 4.91. The molecule has 2 N–H and O–H groups in total. The molecule has 1 aromatic carbocycles. The van der Waals surface area contributed by atoms with Gasteiger partial charge in [-0.1, -0.05) is 86.3 Å². The zero-order valence-electron chi connectivity index (χ0n) is 22.4. The molecule has 0 spiro atoms. The Balaban J connectivity index is 3.73. The van der Waals surface area contributed by atoms with Crippen molar-refractivity contribution < 1.29 is 19.8 Å². The monoisotopic (exact) mass is 460 g/mol. The average Bonchev–Trinajstić information content (AvgIpc) is 2.74. The fraction of sp³-hybridized carbons (Fsp3) is 0.724. The van der Waals surface area contributed by atoms with Gasteiger partial charge in [-0.25, -0.2) is 0 Å². The highest BCUT2D eigenvalue weighted by Gasteiger charge is 2.40. The number of carboxylic acid groups (broad SMARTS) is 2. The number of benzene rings is 1. The van der Waals surface area contributed by atoms with Crippen molar-refractivity contribution in [2.75, 3.05) is 0 Å². The Labute approximate surface area is 202 Å². The second-order valence-electron chi connectivity index (χ2n) is 11.1. The first kappa shape index (κ1) is 29.2. The van der Waals surface area contributed by atoms with Crippen LogP contribution in [0.2, 0.25) is 0 Å².